The molecule has 12 nitrogen and oxygen atoms in total. The fraction of sp³-hybridized carbons (Fsp3) is 0.667. The number of nitrogens with one attached hydrogen (secondary N) is 4. The zero-order valence-electron chi connectivity index (χ0n) is 19.9. The topological polar surface area (TPSA) is 200 Å². The number of nitrogens with two attached hydrogens (primary N) is 1. The second-order valence-corrected chi connectivity index (χ2v) is 9.15. The molecule has 1 heterocycles. The number of imidazole rings is 1. The normalized spacial score (nSPS) is 16.4. The van der Waals surface area contributed by atoms with Gasteiger partial charge in [-0.15, -0.1) is 0 Å². The van der Waals surface area contributed by atoms with E-state index in [1.54, 1.807) is 13.1 Å². The first-order valence-corrected chi connectivity index (χ1v) is 12.4. The van der Waals surface area contributed by atoms with Gasteiger partial charge in [-0.3, -0.25) is 14.4 Å². The zero-order valence-corrected chi connectivity index (χ0v) is 20.7. The van der Waals surface area contributed by atoms with Crippen molar-refractivity contribution in [2.45, 2.75) is 70.3 Å². The number of nitrogens with zero attached hydrogens (tertiary/aromatic N) is 1. The van der Waals surface area contributed by atoms with Crippen molar-refractivity contribution in [3.8, 4) is 0 Å². The predicted molar refractivity (Wildman–Crippen MR) is 128 cm³/mol. The number of aliphatic hydroxyl groups is 1. The molecule has 0 saturated carbocycles. The van der Waals surface area contributed by atoms with Crippen LogP contribution in [0.3, 0.4) is 0 Å². The van der Waals surface area contributed by atoms with Crippen molar-refractivity contribution in [3.63, 3.8) is 0 Å². The van der Waals surface area contributed by atoms with E-state index in [0.717, 1.165) is 0 Å². The number of carbonyl (C=O) groups is 4. The van der Waals surface area contributed by atoms with Crippen molar-refractivity contribution >= 4 is 35.5 Å². The van der Waals surface area contributed by atoms with E-state index >= 15 is 0 Å². The van der Waals surface area contributed by atoms with Gasteiger partial charge in [-0.05, 0) is 31.3 Å². The van der Waals surface area contributed by atoms with Crippen LogP contribution in [-0.4, -0.2) is 86.2 Å². The van der Waals surface area contributed by atoms with Crippen molar-refractivity contribution in [2.75, 3.05) is 12.0 Å². The van der Waals surface area contributed by atoms with Gasteiger partial charge in [0.2, 0.25) is 17.7 Å². The van der Waals surface area contributed by atoms with Gasteiger partial charge in [0.25, 0.3) is 0 Å². The largest absolute Gasteiger partial charge is 0.480 e. The smallest absolute Gasteiger partial charge is 0.328 e. The zero-order chi connectivity index (χ0) is 25.8. The molecular formula is C21H36N6O6S. The summed E-state index contributed by atoms with van der Waals surface area (Å²) in [5.41, 5.74) is 6.66. The van der Waals surface area contributed by atoms with Gasteiger partial charge < -0.3 is 36.9 Å². The summed E-state index contributed by atoms with van der Waals surface area (Å²) in [6.45, 7) is 4.89. The molecule has 0 aliphatic rings. The van der Waals surface area contributed by atoms with Gasteiger partial charge in [-0.1, -0.05) is 20.3 Å². The summed E-state index contributed by atoms with van der Waals surface area (Å²) in [6, 6.07) is -4.45. The highest BCUT2D eigenvalue weighted by Crippen LogP contribution is 2.11. The Morgan fingerprint density at radius 2 is 1.76 bits per heavy atom. The molecule has 0 aromatic carbocycles. The molecule has 6 atom stereocenters. The summed E-state index contributed by atoms with van der Waals surface area (Å²) < 4.78 is 0. The Kier molecular flexibility index (Phi) is 12.6. The average molecular weight is 501 g/mol. The van der Waals surface area contributed by atoms with Crippen LogP contribution >= 0.6 is 11.8 Å². The fourth-order valence-electron chi connectivity index (χ4n) is 3.10. The first-order valence-electron chi connectivity index (χ1n) is 11.0. The van der Waals surface area contributed by atoms with Crippen LogP contribution in [-0.2, 0) is 25.6 Å². The molecule has 0 aliphatic carbocycles. The van der Waals surface area contributed by atoms with Gasteiger partial charge in [0, 0.05) is 18.3 Å². The number of aromatic nitrogens is 2. The summed E-state index contributed by atoms with van der Waals surface area (Å²) in [4.78, 5) is 56.6. The number of carboxylic acids is 1. The van der Waals surface area contributed by atoms with Gasteiger partial charge >= 0.3 is 5.97 Å². The van der Waals surface area contributed by atoms with E-state index in [-0.39, 0.29) is 18.8 Å². The third-order valence-electron chi connectivity index (χ3n) is 5.41. The molecule has 0 fully saturated rings. The molecule has 0 radical (unpaired) electrons. The van der Waals surface area contributed by atoms with Gasteiger partial charge in [0.15, 0.2) is 6.04 Å². The summed E-state index contributed by atoms with van der Waals surface area (Å²) in [5, 5.41) is 26.5. The first-order chi connectivity index (χ1) is 16.0. The highest BCUT2D eigenvalue weighted by molar-refractivity contribution is 7.98. The number of hydrogen-bond donors (Lipinski definition) is 7. The number of amides is 3. The number of aliphatic carboxylic acids is 1. The first kappa shape index (κ1) is 29.4. The Bertz CT molecular complexity index is 806. The van der Waals surface area contributed by atoms with Crippen molar-refractivity contribution in [1.82, 2.24) is 25.9 Å². The standard InChI is InChI=1S/C21H36N6O6S/c1-5-11(2)16(26-18(29)14(22)8-13-9-23-10-24-13)20(31)25-15(6-7-34-4)19(30)27-17(12(3)28)21(32)33/h9-12,14-17,28H,5-8,22H2,1-4H3,(H,23,24)(H,25,31)(H,26,29)(H,27,30)(H,32,33). The molecule has 13 heteroatoms. The number of carbonyl (C=O) groups excluding carboxylic acids is 3. The van der Waals surface area contributed by atoms with Crippen LogP contribution in [0.2, 0.25) is 0 Å². The molecule has 192 valence electrons. The average Bonchev–Trinajstić information content (AvgIpc) is 3.29. The number of thioether (sulfide) groups is 1. The Morgan fingerprint density at radius 3 is 2.26 bits per heavy atom. The summed E-state index contributed by atoms with van der Waals surface area (Å²) >= 11 is 1.45. The van der Waals surface area contributed by atoms with E-state index in [1.807, 2.05) is 13.2 Å². The molecule has 0 spiro atoms. The minimum absolute atomic E-state index is 0.204. The minimum atomic E-state index is -1.52. The number of aliphatic hydroxyl groups excluding tert-OH is 1. The maximum absolute atomic E-state index is 13.1. The second kappa shape index (κ2) is 14.6. The highest BCUT2D eigenvalue weighted by atomic mass is 32.2. The lowest BCUT2D eigenvalue weighted by Gasteiger charge is -2.28. The Morgan fingerprint density at radius 1 is 1.12 bits per heavy atom. The van der Waals surface area contributed by atoms with Crippen LogP contribution < -0.4 is 21.7 Å². The lowest BCUT2D eigenvalue weighted by atomic mass is 9.97. The molecular weight excluding hydrogens is 464 g/mol. The summed E-state index contributed by atoms with van der Waals surface area (Å²) in [6.07, 6.45) is 4.53. The van der Waals surface area contributed by atoms with Crippen molar-refractivity contribution in [3.05, 3.63) is 18.2 Å². The monoisotopic (exact) mass is 500 g/mol. The number of H-pyrrole nitrogens is 1. The van der Waals surface area contributed by atoms with Crippen LogP contribution in [0.15, 0.2) is 12.5 Å². The molecule has 6 unspecified atom stereocenters. The van der Waals surface area contributed by atoms with Crippen LogP contribution in [0, 0.1) is 5.92 Å². The quantitative estimate of drug-likeness (QED) is 0.158. The third-order valence-corrected chi connectivity index (χ3v) is 6.06. The van der Waals surface area contributed by atoms with E-state index < -0.39 is 54.0 Å². The van der Waals surface area contributed by atoms with Gasteiger partial charge in [-0.25, -0.2) is 9.78 Å². The van der Waals surface area contributed by atoms with Crippen molar-refractivity contribution in [1.29, 1.82) is 0 Å². The van der Waals surface area contributed by atoms with Crippen molar-refractivity contribution < 1.29 is 29.4 Å². The molecule has 1 aromatic heterocycles. The van der Waals surface area contributed by atoms with Gasteiger partial charge in [0.1, 0.15) is 12.1 Å². The Labute approximate surface area is 203 Å². The van der Waals surface area contributed by atoms with Gasteiger partial charge in [0.05, 0.1) is 18.5 Å². The lowest BCUT2D eigenvalue weighted by molar-refractivity contribution is -0.145. The maximum Gasteiger partial charge on any atom is 0.328 e. The molecule has 1 rings (SSSR count). The summed E-state index contributed by atoms with van der Waals surface area (Å²) in [5.74, 6) is -2.99. The molecule has 1 aromatic rings. The van der Waals surface area contributed by atoms with E-state index in [2.05, 4.69) is 25.9 Å². The number of rotatable bonds is 15. The maximum atomic E-state index is 13.1. The van der Waals surface area contributed by atoms with E-state index in [9.17, 15) is 29.4 Å². The fourth-order valence-corrected chi connectivity index (χ4v) is 3.57. The number of aromatic amines is 1. The van der Waals surface area contributed by atoms with Crippen LogP contribution in [0.4, 0.5) is 0 Å². The third kappa shape index (κ3) is 9.31. The Hall–Kier alpha value is -2.64. The minimum Gasteiger partial charge on any atom is -0.480 e. The van der Waals surface area contributed by atoms with Crippen LogP contribution in [0.25, 0.3) is 0 Å². The lowest BCUT2D eigenvalue weighted by Crippen LogP contribution is -2.59. The highest BCUT2D eigenvalue weighted by Gasteiger charge is 2.33. The molecule has 3 amide bonds. The van der Waals surface area contributed by atoms with E-state index in [0.29, 0.717) is 17.9 Å². The molecule has 0 saturated heterocycles. The van der Waals surface area contributed by atoms with Crippen molar-refractivity contribution in [2.24, 2.45) is 11.7 Å². The van der Waals surface area contributed by atoms with Crippen LogP contribution in [0.1, 0.15) is 39.3 Å². The Balaban J connectivity index is 2.94. The van der Waals surface area contributed by atoms with Gasteiger partial charge in [-0.2, -0.15) is 11.8 Å². The van der Waals surface area contributed by atoms with E-state index in [4.69, 9.17) is 5.73 Å². The predicted octanol–water partition coefficient (Wildman–Crippen LogP) is -1.00. The van der Waals surface area contributed by atoms with Crippen LogP contribution in [0.5, 0.6) is 0 Å². The molecule has 0 bridgehead atoms. The molecule has 0 aliphatic heterocycles. The molecule has 34 heavy (non-hydrogen) atoms. The number of carboxylic acid groups (broad SMARTS) is 1. The summed E-state index contributed by atoms with van der Waals surface area (Å²) in [7, 11) is 0. The second-order valence-electron chi connectivity index (χ2n) is 8.17. The van der Waals surface area contributed by atoms with E-state index in [1.165, 1.54) is 25.0 Å². The molecule has 8 N–H and O–H groups in total. The number of hydrogen-bond acceptors (Lipinski definition) is 8. The SMILES string of the molecule is CCC(C)C(NC(=O)C(N)Cc1cnc[nH]1)C(=O)NC(CCSC)C(=O)NC(C(=O)O)C(C)O.